The van der Waals surface area contributed by atoms with Gasteiger partial charge in [-0.15, -0.1) is 11.8 Å². The van der Waals surface area contributed by atoms with Crippen LogP contribution in [0.25, 0.3) is 0 Å². The van der Waals surface area contributed by atoms with Gasteiger partial charge in [-0.05, 0) is 31.7 Å². The van der Waals surface area contributed by atoms with Gasteiger partial charge in [0.05, 0.1) is 5.37 Å². The lowest BCUT2D eigenvalue weighted by atomic mass is 9.84. The van der Waals surface area contributed by atoms with Crippen molar-refractivity contribution < 1.29 is 0 Å². The van der Waals surface area contributed by atoms with Crippen LogP contribution < -0.4 is 0 Å². The Hall–Kier alpha value is -0.470. The number of rotatable bonds is 1. The third-order valence-corrected chi connectivity index (χ3v) is 5.18. The van der Waals surface area contributed by atoms with E-state index in [1.807, 2.05) is 0 Å². The van der Waals surface area contributed by atoms with E-state index in [-0.39, 0.29) is 5.54 Å². The second-order valence-corrected chi connectivity index (χ2v) is 8.67. The SMILES string of the molecule is CC(C)(C)C1CSC(c2ccccc2)N1C(C)(C)C. The molecule has 0 spiro atoms. The highest BCUT2D eigenvalue weighted by molar-refractivity contribution is 7.99. The number of hydrogen-bond acceptors (Lipinski definition) is 2. The van der Waals surface area contributed by atoms with Crippen molar-refractivity contribution in [3.8, 4) is 0 Å². The summed E-state index contributed by atoms with van der Waals surface area (Å²) in [6.45, 7) is 14.1. The molecule has 0 amide bonds. The molecule has 1 aliphatic heterocycles. The first-order valence-corrected chi connectivity index (χ1v) is 8.21. The number of thioether (sulfide) groups is 1. The smallest absolute Gasteiger partial charge is 0.0822 e. The predicted molar refractivity (Wildman–Crippen MR) is 86.5 cm³/mol. The van der Waals surface area contributed by atoms with Crippen LogP contribution in [0.2, 0.25) is 0 Å². The van der Waals surface area contributed by atoms with E-state index < -0.39 is 0 Å². The standard InChI is InChI=1S/C17H27NS/c1-16(2,3)14-12-19-15(18(14)17(4,5)6)13-10-8-7-9-11-13/h7-11,14-15H,12H2,1-6H3. The van der Waals surface area contributed by atoms with Crippen LogP contribution in [0.15, 0.2) is 30.3 Å². The summed E-state index contributed by atoms with van der Waals surface area (Å²) in [4.78, 5) is 2.72. The average Bonchev–Trinajstić information content (AvgIpc) is 2.74. The Morgan fingerprint density at radius 3 is 2.05 bits per heavy atom. The van der Waals surface area contributed by atoms with Crippen LogP contribution >= 0.6 is 11.8 Å². The second kappa shape index (κ2) is 5.14. The van der Waals surface area contributed by atoms with Crippen LogP contribution in [0.4, 0.5) is 0 Å². The van der Waals surface area contributed by atoms with Crippen molar-refractivity contribution in [2.24, 2.45) is 5.41 Å². The molecule has 1 saturated heterocycles. The number of hydrogen-bond donors (Lipinski definition) is 0. The fraction of sp³-hybridized carbons (Fsp3) is 0.647. The lowest BCUT2D eigenvalue weighted by Gasteiger charge is -2.45. The van der Waals surface area contributed by atoms with Crippen LogP contribution in [0, 0.1) is 5.41 Å². The Kier molecular flexibility index (Phi) is 4.04. The molecule has 1 aliphatic rings. The van der Waals surface area contributed by atoms with Crippen LogP contribution in [0.1, 0.15) is 52.5 Å². The van der Waals surface area contributed by atoms with Gasteiger partial charge in [0, 0.05) is 17.3 Å². The zero-order valence-corrected chi connectivity index (χ0v) is 13.9. The first-order chi connectivity index (χ1) is 8.71. The lowest BCUT2D eigenvalue weighted by Crippen LogP contribution is -2.51. The maximum absolute atomic E-state index is 2.72. The van der Waals surface area contributed by atoms with E-state index in [0.717, 1.165) is 0 Å². The van der Waals surface area contributed by atoms with Crippen LogP contribution in [-0.2, 0) is 0 Å². The van der Waals surface area contributed by atoms with Crippen molar-refractivity contribution in [2.75, 3.05) is 5.75 Å². The van der Waals surface area contributed by atoms with Gasteiger partial charge in [0.1, 0.15) is 0 Å². The lowest BCUT2D eigenvalue weighted by molar-refractivity contribution is 0.0353. The summed E-state index contributed by atoms with van der Waals surface area (Å²) in [5, 5.41) is 0.491. The summed E-state index contributed by atoms with van der Waals surface area (Å²) in [5.41, 5.74) is 1.96. The summed E-state index contributed by atoms with van der Waals surface area (Å²) in [6.07, 6.45) is 0. The van der Waals surface area contributed by atoms with Crippen molar-refractivity contribution >= 4 is 11.8 Å². The van der Waals surface area contributed by atoms with Crippen molar-refractivity contribution in [2.45, 2.75) is 58.5 Å². The Balaban J connectivity index is 2.36. The zero-order chi connectivity index (χ0) is 14.3. The van der Waals surface area contributed by atoms with E-state index in [9.17, 15) is 0 Å². The summed E-state index contributed by atoms with van der Waals surface area (Å²) in [7, 11) is 0. The molecule has 1 aromatic rings. The highest BCUT2D eigenvalue weighted by Crippen LogP contribution is 2.49. The molecule has 2 rings (SSSR count). The minimum absolute atomic E-state index is 0.196. The molecule has 0 bridgehead atoms. The highest BCUT2D eigenvalue weighted by Gasteiger charge is 2.45. The van der Waals surface area contributed by atoms with Crippen LogP contribution in [0.5, 0.6) is 0 Å². The molecule has 2 unspecified atom stereocenters. The molecule has 0 aliphatic carbocycles. The van der Waals surface area contributed by atoms with Gasteiger partial charge in [0.2, 0.25) is 0 Å². The molecule has 0 radical (unpaired) electrons. The van der Waals surface area contributed by atoms with Gasteiger partial charge in [-0.25, -0.2) is 0 Å². The molecule has 1 heterocycles. The third-order valence-electron chi connectivity index (χ3n) is 3.86. The van der Waals surface area contributed by atoms with Gasteiger partial charge >= 0.3 is 0 Å². The Morgan fingerprint density at radius 2 is 1.58 bits per heavy atom. The van der Waals surface area contributed by atoms with Crippen LogP contribution in [-0.4, -0.2) is 22.2 Å². The second-order valence-electron chi connectivity index (χ2n) is 7.56. The molecule has 2 heteroatoms. The fourth-order valence-corrected chi connectivity index (χ4v) is 4.87. The highest BCUT2D eigenvalue weighted by atomic mass is 32.2. The van der Waals surface area contributed by atoms with E-state index in [4.69, 9.17) is 0 Å². The summed E-state index contributed by atoms with van der Waals surface area (Å²) in [6, 6.07) is 11.6. The van der Waals surface area contributed by atoms with E-state index >= 15 is 0 Å². The Labute approximate surface area is 122 Å². The van der Waals surface area contributed by atoms with Crippen LogP contribution in [0.3, 0.4) is 0 Å². The van der Waals surface area contributed by atoms with E-state index in [1.165, 1.54) is 11.3 Å². The minimum atomic E-state index is 0.196. The molecule has 19 heavy (non-hydrogen) atoms. The van der Waals surface area contributed by atoms with Crippen molar-refractivity contribution in [3.63, 3.8) is 0 Å². The maximum atomic E-state index is 2.72. The number of benzene rings is 1. The monoisotopic (exact) mass is 277 g/mol. The normalized spacial score (nSPS) is 25.8. The molecule has 1 fully saturated rings. The fourth-order valence-electron chi connectivity index (χ4n) is 2.87. The minimum Gasteiger partial charge on any atom is -0.278 e. The van der Waals surface area contributed by atoms with Gasteiger partial charge in [-0.3, -0.25) is 4.90 Å². The molecule has 0 saturated carbocycles. The molecule has 1 aromatic carbocycles. The van der Waals surface area contributed by atoms with E-state index in [2.05, 4.69) is 88.5 Å². The Morgan fingerprint density at radius 1 is 1.00 bits per heavy atom. The van der Waals surface area contributed by atoms with Crippen molar-refractivity contribution in [3.05, 3.63) is 35.9 Å². The van der Waals surface area contributed by atoms with Gasteiger partial charge in [0.15, 0.2) is 0 Å². The molecular formula is C17H27NS. The molecular weight excluding hydrogens is 250 g/mol. The molecule has 0 aromatic heterocycles. The van der Waals surface area contributed by atoms with Crippen molar-refractivity contribution in [1.82, 2.24) is 4.90 Å². The third kappa shape index (κ3) is 3.17. The van der Waals surface area contributed by atoms with E-state index in [1.54, 1.807) is 0 Å². The molecule has 106 valence electrons. The zero-order valence-electron chi connectivity index (χ0n) is 13.1. The quantitative estimate of drug-likeness (QED) is 0.714. The summed E-state index contributed by atoms with van der Waals surface area (Å²) in [5.74, 6) is 1.22. The van der Waals surface area contributed by atoms with Gasteiger partial charge in [-0.2, -0.15) is 0 Å². The predicted octanol–water partition coefficient (Wildman–Crippen LogP) is 4.95. The van der Waals surface area contributed by atoms with Gasteiger partial charge in [0.25, 0.3) is 0 Å². The van der Waals surface area contributed by atoms with E-state index in [0.29, 0.717) is 16.8 Å². The summed E-state index contributed by atoms with van der Waals surface area (Å²) >= 11 is 2.09. The number of nitrogens with zero attached hydrogens (tertiary/aromatic N) is 1. The summed E-state index contributed by atoms with van der Waals surface area (Å²) < 4.78 is 0. The first-order valence-electron chi connectivity index (χ1n) is 7.16. The first kappa shape index (κ1) is 14.9. The van der Waals surface area contributed by atoms with Gasteiger partial charge in [-0.1, -0.05) is 51.1 Å². The topological polar surface area (TPSA) is 3.24 Å². The average molecular weight is 277 g/mol. The molecule has 2 atom stereocenters. The van der Waals surface area contributed by atoms with Crippen molar-refractivity contribution in [1.29, 1.82) is 0 Å². The maximum Gasteiger partial charge on any atom is 0.0822 e. The van der Waals surface area contributed by atoms with Gasteiger partial charge < -0.3 is 0 Å². The molecule has 1 nitrogen and oxygen atoms in total. The molecule has 0 N–H and O–H groups in total. The largest absolute Gasteiger partial charge is 0.278 e. The Bertz CT molecular complexity index is 413.